The number of rotatable bonds is 8. The van der Waals surface area contributed by atoms with Crippen LogP contribution in [0.25, 0.3) is 5.57 Å². The topological polar surface area (TPSA) is 91.0 Å². The molecule has 0 saturated carbocycles. The first-order valence-electron chi connectivity index (χ1n) is 10.8. The Bertz CT molecular complexity index is 1090. The number of amides is 2. The summed E-state index contributed by atoms with van der Waals surface area (Å²) in [5.41, 5.74) is 4.67. The number of nitrogens with zero attached hydrogens (tertiary/aromatic N) is 2. The Morgan fingerprint density at radius 3 is 2.36 bits per heavy atom. The molecule has 0 aliphatic carbocycles. The van der Waals surface area contributed by atoms with Crippen molar-refractivity contribution in [1.29, 1.82) is 0 Å². The van der Waals surface area contributed by atoms with Crippen molar-refractivity contribution >= 4 is 40.4 Å². The molecule has 0 aromatic heterocycles. The lowest BCUT2D eigenvalue weighted by atomic mass is 10.0. The number of nitrogens with one attached hydrogen (secondary N) is 2. The van der Waals surface area contributed by atoms with Crippen molar-refractivity contribution in [2.45, 2.75) is 19.8 Å². The minimum Gasteiger partial charge on any atom is -0.465 e. The summed E-state index contributed by atoms with van der Waals surface area (Å²) in [5, 5.41) is 6.24. The van der Waals surface area contributed by atoms with Gasteiger partial charge in [0, 0.05) is 29.7 Å². The molecule has 8 heteroatoms. The summed E-state index contributed by atoms with van der Waals surface area (Å²) in [5.74, 6) is -0.667. The minimum atomic E-state index is -0.453. The van der Waals surface area contributed by atoms with E-state index in [1.807, 2.05) is 50.2 Å². The molecule has 2 aromatic carbocycles. The van der Waals surface area contributed by atoms with Crippen LogP contribution >= 0.6 is 0 Å². The molecule has 0 bridgehead atoms. The van der Waals surface area contributed by atoms with E-state index in [9.17, 15) is 14.4 Å². The molecule has 0 spiro atoms. The molecule has 0 radical (unpaired) electrons. The SMILES string of the molecule is CCCC(Nc1ccc(N(C)C(=O)CN(C)C)cc1)=C1C(=O)Nc2cc(C(=O)OC)ccc21. The average Bonchev–Trinajstić information content (AvgIpc) is 3.12. The number of likely N-dealkylation sites (N-methyl/N-ethyl adjacent to an activating group) is 2. The van der Waals surface area contributed by atoms with Crippen molar-refractivity contribution in [3.05, 3.63) is 59.3 Å². The standard InChI is InChI=1S/C25H30N4O4/c1-6-7-20(23-19-13-8-16(25(32)33-5)14-21(19)27-24(23)31)26-17-9-11-18(12-10-17)29(4)22(30)15-28(2)3/h8-14,26H,6-7,15H2,1-5H3,(H,27,31). The van der Waals surface area contributed by atoms with Crippen LogP contribution in [0.4, 0.5) is 17.1 Å². The van der Waals surface area contributed by atoms with Gasteiger partial charge in [0.25, 0.3) is 5.91 Å². The Labute approximate surface area is 194 Å². The number of carbonyl (C=O) groups is 3. The molecule has 0 fully saturated rings. The van der Waals surface area contributed by atoms with Gasteiger partial charge in [0.1, 0.15) is 0 Å². The van der Waals surface area contributed by atoms with E-state index >= 15 is 0 Å². The number of hydrogen-bond acceptors (Lipinski definition) is 6. The normalized spacial score (nSPS) is 13.9. The maximum Gasteiger partial charge on any atom is 0.337 e. The Balaban J connectivity index is 1.88. The summed E-state index contributed by atoms with van der Waals surface area (Å²) < 4.78 is 4.77. The monoisotopic (exact) mass is 450 g/mol. The van der Waals surface area contributed by atoms with Crippen molar-refractivity contribution in [3.63, 3.8) is 0 Å². The van der Waals surface area contributed by atoms with E-state index in [1.165, 1.54) is 7.11 Å². The fourth-order valence-corrected chi connectivity index (χ4v) is 3.68. The van der Waals surface area contributed by atoms with Gasteiger partial charge in [-0.25, -0.2) is 4.79 Å². The van der Waals surface area contributed by atoms with E-state index in [-0.39, 0.29) is 11.8 Å². The zero-order valence-corrected chi connectivity index (χ0v) is 19.7. The number of ether oxygens (including phenoxy) is 1. The maximum atomic E-state index is 12.8. The van der Waals surface area contributed by atoms with Crippen LogP contribution in [-0.2, 0) is 14.3 Å². The van der Waals surface area contributed by atoms with E-state index in [0.29, 0.717) is 29.8 Å². The lowest BCUT2D eigenvalue weighted by molar-refractivity contribution is -0.119. The predicted molar refractivity (Wildman–Crippen MR) is 130 cm³/mol. The van der Waals surface area contributed by atoms with Crippen LogP contribution < -0.4 is 15.5 Å². The lowest BCUT2D eigenvalue weighted by Crippen LogP contribution is -2.34. The first-order valence-corrected chi connectivity index (χ1v) is 10.8. The van der Waals surface area contributed by atoms with Crippen LogP contribution in [-0.4, -0.2) is 57.5 Å². The van der Waals surface area contributed by atoms with Gasteiger partial charge in [0.15, 0.2) is 0 Å². The summed E-state index contributed by atoms with van der Waals surface area (Å²) in [4.78, 5) is 40.4. The number of benzene rings is 2. The van der Waals surface area contributed by atoms with Crippen molar-refractivity contribution in [3.8, 4) is 0 Å². The van der Waals surface area contributed by atoms with Crippen molar-refractivity contribution in [2.75, 3.05) is 50.3 Å². The van der Waals surface area contributed by atoms with Crippen LogP contribution in [0.15, 0.2) is 48.2 Å². The number of hydrogen-bond donors (Lipinski definition) is 2. The van der Waals surface area contributed by atoms with E-state index < -0.39 is 5.97 Å². The van der Waals surface area contributed by atoms with Crippen molar-refractivity contribution < 1.29 is 19.1 Å². The first-order chi connectivity index (χ1) is 15.7. The van der Waals surface area contributed by atoms with Gasteiger partial charge in [0.2, 0.25) is 5.91 Å². The Hall–Kier alpha value is -3.65. The third-order valence-corrected chi connectivity index (χ3v) is 5.36. The zero-order chi connectivity index (χ0) is 24.1. The number of allylic oxidation sites excluding steroid dienone is 1. The van der Waals surface area contributed by atoms with Crippen molar-refractivity contribution in [2.24, 2.45) is 0 Å². The van der Waals surface area contributed by atoms with Gasteiger partial charge >= 0.3 is 5.97 Å². The minimum absolute atomic E-state index is 0.0000527. The molecule has 0 unspecified atom stereocenters. The molecule has 33 heavy (non-hydrogen) atoms. The van der Waals surface area contributed by atoms with Crippen LogP contribution in [0.2, 0.25) is 0 Å². The summed E-state index contributed by atoms with van der Waals surface area (Å²) >= 11 is 0. The highest BCUT2D eigenvalue weighted by molar-refractivity contribution is 6.32. The van der Waals surface area contributed by atoms with E-state index in [0.717, 1.165) is 29.1 Å². The molecule has 0 atom stereocenters. The molecule has 1 heterocycles. The Morgan fingerprint density at radius 2 is 1.76 bits per heavy atom. The molecule has 1 aliphatic heterocycles. The van der Waals surface area contributed by atoms with E-state index in [4.69, 9.17) is 4.74 Å². The third-order valence-electron chi connectivity index (χ3n) is 5.36. The van der Waals surface area contributed by atoms with Gasteiger partial charge in [-0.15, -0.1) is 0 Å². The molecule has 2 aromatic rings. The molecule has 174 valence electrons. The van der Waals surface area contributed by atoms with Crippen LogP contribution in [0.1, 0.15) is 35.7 Å². The first kappa shape index (κ1) is 24.0. The van der Waals surface area contributed by atoms with Gasteiger partial charge in [0.05, 0.1) is 30.5 Å². The molecule has 3 rings (SSSR count). The summed E-state index contributed by atoms with van der Waals surface area (Å²) in [6.45, 7) is 2.38. The zero-order valence-electron chi connectivity index (χ0n) is 19.7. The smallest absolute Gasteiger partial charge is 0.337 e. The molecule has 2 N–H and O–H groups in total. The van der Waals surface area contributed by atoms with Gasteiger partial charge in [-0.1, -0.05) is 19.4 Å². The third kappa shape index (κ3) is 5.40. The highest BCUT2D eigenvalue weighted by Crippen LogP contribution is 2.36. The number of carbonyl (C=O) groups excluding carboxylic acids is 3. The maximum absolute atomic E-state index is 12.8. The number of esters is 1. The summed E-state index contributed by atoms with van der Waals surface area (Å²) in [7, 11) is 6.79. The second-order valence-corrected chi connectivity index (χ2v) is 8.17. The molecular formula is C25H30N4O4. The van der Waals surface area contributed by atoms with E-state index in [1.54, 1.807) is 30.1 Å². The molecule has 0 saturated heterocycles. The molecule has 2 amide bonds. The predicted octanol–water partition coefficient (Wildman–Crippen LogP) is 3.57. The van der Waals surface area contributed by atoms with Gasteiger partial charge in [-0.2, -0.15) is 0 Å². The number of methoxy groups -OCH3 is 1. The van der Waals surface area contributed by atoms with Crippen molar-refractivity contribution in [1.82, 2.24) is 4.90 Å². The second-order valence-electron chi connectivity index (χ2n) is 8.17. The number of fused-ring (bicyclic) bond motifs is 1. The quantitative estimate of drug-likeness (QED) is 0.472. The summed E-state index contributed by atoms with van der Waals surface area (Å²) in [6, 6.07) is 12.6. The fourth-order valence-electron chi connectivity index (χ4n) is 3.68. The Kier molecular flexibility index (Phi) is 7.50. The molecule has 1 aliphatic rings. The van der Waals surface area contributed by atoms with Crippen LogP contribution in [0.5, 0.6) is 0 Å². The fraction of sp³-hybridized carbons (Fsp3) is 0.320. The number of anilines is 3. The lowest BCUT2D eigenvalue weighted by Gasteiger charge is -2.20. The summed E-state index contributed by atoms with van der Waals surface area (Å²) in [6.07, 6.45) is 1.51. The highest BCUT2D eigenvalue weighted by Gasteiger charge is 2.28. The highest BCUT2D eigenvalue weighted by atomic mass is 16.5. The van der Waals surface area contributed by atoms with Crippen LogP contribution in [0, 0.1) is 0 Å². The Morgan fingerprint density at radius 1 is 1.06 bits per heavy atom. The molecular weight excluding hydrogens is 420 g/mol. The molecule has 8 nitrogen and oxygen atoms in total. The van der Waals surface area contributed by atoms with E-state index in [2.05, 4.69) is 10.6 Å². The van der Waals surface area contributed by atoms with Crippen LogP contribution in [0.3, 0.4) is 0 Å². The average molecular weight is 451 g/mol. The largest absolute Gasteiger partial charge is 0.465 e. The second kappa shape index (κ2) is 10.3. The van der Waals surface area contributed by atoms with Gasteiger partial charge in [-0.05, 0) is 56.9 Å². The van der Waals surface area contributed by atoms with Gasteiger partial charge < -0.3 is 25.2 Å². The van der Waals surface area contributed by atoms with Gasteiger partial charge in [-0.3, -0.25) is 9.59 Å².